The highest BCUT2D eigenvalue weighted by Gasteiger charge is 2.45. The van der Waals surface area contributed by atoms with E-state index in [0.29, 0.717) is 36.4 Å². The summed E-state index contributed by atoms with van der Waals surface area (Å²) >= 11 is 0. The minimum Gasteiger partial charge on any atom is -0.381 e. The summed E-state index contributed by atoms with van der Waals surface area (Å²) in [6, 6.07) is 6.29. The van der Waals surface area contributed by atoms with Crippen molar-refractivity contribution in [3.63, 3.8) is 0 Å². The second-order valence-corrected chi connectivity index (χ2v) is 9.35. The number of hydrogen-bond donors (Lipinski definition) is 3. The largest absolute Gasteiger partial charge is 0.381 e. The fraction of sp³-hybridized carbons (Fsp3) is 0.458. The van der Waals surface area contributed by atoms with Crippen LogP contribution in [0.15, 0.2) is 24.4 Å². The standard InChI is InChI=1S/C24H28F2N8O3/c1-32-5-6-34(22(36)13-32)12-15-3-4-21(30-19(15)14-35)33(2)23(37)31-20-7-18(16(10-27)11-28-20)29-17-8-24(25,26)9-17/h3-4,7,11,14,17,23,37H,5-6,8-9,12-13H2,1-2H3,(H2,28,29,31). The minimum absolute atomic E-state index is 0.0267. The van der Waals surface area contributed by atoms with Gasteiger partial charge in [-0.2, -0.15) is 5.26 Å². The zero-order chi connectivity index (χ0) is 26.7. The lowest BCUT2D eigenvalue weighted by Crippen LogP contribution is -2.48. The van der Waals surface area contributed by atoms with Gasteiger partial charge in [-0.05, 0) is 13.1 Å². The molecule has 1 unspecified atom stereocenters. The second-order valence-electron chi connectivity index (χ2n) is 9.35. The third-order valence-corrected chi connectivity index (χ3v) is 6.46. The van der Waals surface area contributed by atoms with Gasteiger partial charge in [0.05, 0.1) is 17.8 Å². The normalized spacial score (nSPS) is 18.5. The van der Waals surface area contributed by atoms with Crippen molar-refractivity contribution in [3.05, 3.63) is 41.2 Å². The quantitative estimate of drug-likeness (QED) is 0.333. The number of aliphatic hydroxyl groups is 1. The van der Waals surface area contributed by atoms with Crippen molar-refractivity contribution in [2.24, 2.45) is 0 Å². The minimum atomic E-state index is -2.71. The van der Waals surface area contributed by atoms with E-state index in [1.54, 1.807) is 24.1 Å². The number of alkyl halides is 2. The van der Waals surface area contributed by atoms with Crippen molar-refractivity contribution in [1.82, 2.24) is 19.8 Å². The van der Waals surface area contributed by atoms with Gasteiger partial charge >= 0.3 is 0 Å². The molecule has 2 aliphatic rings. The highest BCUT2D eigenvalue weighted by Crippen LogP contribution is 2.39. The Morgan fingerprint density at radius 1 is 1.38 bits per heavy atom. The summed E-state index contributed by atoms with van der Waals surface area (Å²) in [5.41, 5.74) is 1.27. The molecule has 2 fully saturated rings. The van der Waals surface area contributed by atoms with E-state index in [-0.39, 0.29) is 42.4 Å². The number of nitriles is 1. The summed E-state index contributed by atoms with van der Waals surface area (Å²) in [7, 11) is 3.43. The van der Waals surface area contributed by atoms with Crippen molar-refractivity contribution in [2.45, 2.75) is 37.7 Å². The van der Waals surface area contributed by atoms with Gasteiger partial charge in [0, 0.05) is 63.4 Å². The van der Waals surface area contributed by atoms with E-state index in [1.807, 2.05) is 18.0 Å². The van der Waals surface area contributed by atoms with Crippen molar-refractivity contribution in [3.8, 4) is 6.07 Å². The zero-order valence-electron chi connectivity index (χ0n) is 20.5. The van der Waals surface area contributed by atoms with Crippen LogP contribution in [-0.4, -0.2) is 89.1 Å². The Morgan fingerprint density at radius 3 is 2.78 bits per heavy atom. The van der Waals surface area contributed by atoms with E-state index < -0.39 is 18.3 Å². The molecule has 1 saturated carbocycles. The zero-order valence-corrected chi connectivity index (χ0v) is 20.5. The molecule has 3 N–H and O–H groups in total. The number of carbonyl (C=O) groups is 2. The van der Waals surface area contributed by atoms with Crippen LogP contribution in [0.25, 0.3) is 0 Å². The van der Waals surface area contributed by atoms with Crippen LogP contribution in [0.2, 0.25) is 0 Å². The number of likely N-dealkylation sites (N-methyl/N-ethyl adjacent to an activating group) is 1. The van der Waals surface area contributed by atoms with Crippen LogP contribution in [0.3, 0.4) is 0 Å². The molecule has 196 valence electrons. The molecule has 4 rings (SSSR count). The Kier molecular flexibility index (Phi) is 7.51. The number of anilines is 3. The molecule has 1 amide bonds. The van der Waals surface area contributed by atoms with Crippen molar-refractivity contribution in [1.29, 1.82) is 5.26 Å². The molecule has 2 aromatic heterocycles. The molecule has 0 aromatic carbocycles. The number of amides is 1. The van der Waals surface area contributed by atoms with Gasteiger partial charge in [-0.25, -0.2) is 18.7 Å². The maximum atomic E-state index is 13.2. The molecule has 0 bridgehead atoms. The van der Waals surface area contributed by atoms with Crippen LogP contribution < -0.4 is 15.5 Å². The Morgan fingerprint density at radius 2 is 2.14 bits per heavy atom. The number of aliphatic hydroxyl groups excluding tert-OH is 1. The molecule has 1 saturated heterocycles. The summed E-state index contributed by atoms with van der Waals surface area (Å²) in [4.78, 5) is 37.4. The first-order valence-corrected chi connectivity index (χ1v) is 11.7. The van der Waals surface area contributed by atoms with Gasteiger partial charge in [0.15, 0.2) is 6.29 Å². The van der Waals surface area contributed by atoms with Crippen LogP contribution in [-0.2, 0) is 11.3 Å². The fourth-order valence-corrected chi connectivity index (χ4v) is 4.20. The lowest BCUT2D eigenvalue weighted by Gasteiger charge is -2.36. The maximum Gasteiger partial charge on any atom is 0.252 e. The predicted molar refractivity (Wildman–Crippen MR) is 131 cm³/mol. The Bertz CT molecular complexity index is 1210. The van der Waals surface area contributed by atoms with Gasteiger partial charge in [0.25, 0.3) is 5.92 Å². The van der Waals surface area contributed by atoms with Gasteiger partial charge < -0.3 is 25.5 Å². The van der Waals surface area contributed by atoms with Crippen LogP contribution in [0.5, 0.6) is 0 Å². The molecule has 0 radical (unpaired) electrons. The SMILES string of the molecule is CN1CCN(Cc2ccc(N(C)C(O)Nc3cc(NC4CC(F)(F)C4)c(C#N)cn3)nc2C=O)C(=O)C1. The van der Waals surface area contributed by atoms with Crippen LogP contribution >= 0.6 is 0 Å². The molecule has 1 aliphatic carbocycles. The van der Waals surface area contributed by atoms with Gasteiger partial charge in [-0.3, -0.25) is 14.5 Å². The molecular weight excluding hydrogens is 486 g/mol. The summed E-state index contributed by atoms with van der Waals surface area (Å²) in [5, 5.41) is 25.7. The van der Waals surface area contributed by atoms with Gasteiger partial charge in [-0.15, -0.1) is 0 Å². The second kappa shape index (κ2) is 10.6. The molecule has 1 aliphatic heterocycles. The average Bonchev–Trinajstić information content (AvgIpc) is 2.84. The van der Waals surface area contributed by atoms with Gasteiger partial charge in [-0.1, -0.05) is 6.07 Å². The van der Waals surface area contributed by atoms with Crippen molar-refractivity contribution in [2.75, 3.05) is 49.3 Å². The molecular formula is C24H28F2N8O3. The number of aldehydes is 1. The van der Waals surface area contributed by atoms with Crippen LogP contribution in [0, 0.1) is 11.3 Å². The number of aromatic nitrogens is 2. The van der Waals surface area contributed by atoms with Gasteiger partial charge in [0.1, 0.15) is 23.4 Å². The monoisotopic (exact) mass is 514 g/mol. The van der Waals surface area contributed by atoms with E-state index in [0.717, 1.165) is 6.54 Å². The summed E-state index contributed by atoms with van der Waals surface area (Å²) in [6.07, 6.45) is -0.0724. The summed E-state index contributed by atoms with van der Waals surface area (Å²) in [5.74, 6) is -2.24. The summed E-state index contributed by atoms with van der Waals surface area (Å²) < 4.78 is 26.4. The molecule has 1 atom stereocenters. The first kappa shape index (κ1) is 26.2. The Hall–Kier alpha value is -3.89. The molecule has 2 aromatic rings. The third kappa shape index (κ3) is 6.10. The number of pyridine rings is 2. The number of nitrogens with zero attached hydrogens (tertiary/aromatic N) is 6. The van der Waals surface area contributed by atoms with E-state index in [4.69, 9.17) is 0 Å². The topological polar surface area (TPSA) is 138 Å². The van der Waals surface area contributed by atoms with E-state index >= 15 is 0 Å². The number of piperazine rings is 1. The maximum absolute atomic E-state index is 13.2. The van der Waals surface area contributed by atoms with Crippen LogP contribution in [0.4, 0.5) is 26.1 Å². The highest BCUT2D eigenvalue weighted by molar-refractivity contribution is 5.80. The number of rotatable bonds is 9. The van der Waals surface area contributed by atoms with Crippen molar-refractivity contribution >= 4 is 29.5 Å². The Labute approximate surface area is 212 Å². The van der Waals surface area contributed by atoms with E-state index in [2.05, 4.69) is 20.6 Å². The van der Waals surface area contributed by atoms with Crippen molar-refractivity contribution < 1.29 is 23.5 Å². The van der Waals surface area contributed by atoms with Crippen LogP contribution in [0.1, 0.15) is 34.5 Å². The summed E-state index contributed by atoms with van der Waals surface area (Å²) in [6.45, 7) is 1.87. The first-order valence-electron chi connectivity index (χ1n) is 11.7. The Balaban J connectivity index is 1.43. The molecule has 11 nitrogen and oxygen atoms in total. The third-order valence-electron chi connectivity index (χ3n) is 6.46. The fourth-order valence-electron chi connectivity index (χ4n) is 4.20. The average molecular weight is 515 g/mol. The molecule has 3 heterocycles. The van der Waals surface area contributed by atoms with E-state index in [9.17, 15) is 28.7 Å². The van der Waals surface area contributed by atoms with Gasteiger partial charge in [0.2, 0.25) is 12.3 Å². The molecule has 0 spiro atoms. The molecule has 13 heteroatoms. The lowest BCUT2D eigenvalue weighted by atomic mass is 9.88. The number of carbonyl (C=O) groups excluding carboxylic acids is 2. The smallest absolute Gasteiger partial charge is 0.252 e. The number of hydrogen-bond acceptors (Lipinski definition) is 10. The van der Waals surface area contributed by atoms with E-state index in [1.165, 1.54) is 17.2 Å². The molecule has 37 heavy (non-hydrogen) atoms. The number of halogens is 2. The number of nitrogens with one attached hydrogen (secondary N) is 2. The predicted octanol–water partition coefficient (Wildman–Crippen LogP) is 1.47. The lowest BCUT2D eigenvalue weighted by molar-refractivity contribution is -0.136. The first-order chi connectivity index (χ1) is 17.6. The highest BCUT2D eigenvalue weighted by atomic mass is 19.3.